The summed E-state index contributed by atoms with van der Waals surface area (Å²) in [6.45, 7) is 5.29. The normalized spacial score (nSPS) is 19.2. The van der Waals surface area contributed by atoms with Gasteiger partial charge in [-0.15, -0.1) is 0 Å². The minimum atomic E-state index is -0.528. The van der Waals surface area contributed by atoms with Gasteiger partial charge in [-0.25, -0.2) is 0 Å². The second kappa shape index (κ2) is 8.48. The molecule has 1 saturated heterocycles. The van der Waals surface area contributed by atoms with Crippen LogP contribution in [-0.2, 0) is 16.0 Å². The molecule has 0 aliphatic carbocycles. The number of rotatable bonds is 6. The van der Waals surface area contributed by atoms with Crippen molar-refractivity contribution < 1.29 is 9.59 Å². The van der Waals surface area contributed by atoms with E-state index in [4.69, 9.17) is 0 Å². The minimum Gasteiger partial charge on any atom is -0.348 e. The van der Waals surface area contributed by atoms with Gasteiger partial charge < -0.3 is 9.80 Å². The summed E-state index contributed by atoms with van der Waals surface area (Å²) >= 11 is 1.69. The van der Waals surface area contributed by atoms with Gasteiger partial charge in [0.15, 0.2) is 0 Å². The Kier molecular flexibility index (Phi) is 6.23. The first-order valence-electron chi connectivity index (χ1n) is 9.92. The highest BCUT2D eigenvalue weighted by Gasteiger charge is 2.46. The Hall–Kier alpha value is -2.14. The number of carbonyl (C=O) groups is 2. The van der Waals surface area contributed by atoms with Crippen LogP contribution in [0.1, 0.15) is 32.3 Å². The highest BCUT2D eigenvalue weighted by molar-refractivity contribution is 7.08. The lowest BCUT2D eigenvalue weighted by Gasteiger charge is -2.31. The zero-order chi connectivity index (χ0) is 20.3. The number of hydrogen-bond donors (Lipinski definition) is 0. The Bertz CT molecular complexity index is 812. The molecule has 0 bridgehead atoms. The number of amides is 2. The van der Waals surface area contributed by atoms with Gasteiger partial charge in [0.25, 0.3) is 0 Å². The molecule has 2 aromatic rings. The maximum absolute atomic E-state index is 13.1. The van der Waals surface area contributed by atoms with E-state index >= 15 is 0 Å². The summed E-state index contributed by atoms with van der Waals surface area (Å²) in [5, 5.41) is 4.22. The van der Waals surface area contributed by atoms with E-state index in [2.05, 4.69) is 54.9 Å². The minimum absolute atomic E-state index is 0.120. The summed E-state index contributed by atoms with van der Waals surface area (Å²) in [7, 11) is 3.62. The zero-order valence-corrected chi connectivity index (χ0v) is 18.1. The first-order chi connectivity index (χ1) is 13.3. The molecule has 4 nitrogen and oxygen atoms in total. The Labute approximate surface area is 172 Å². The number of benzene rings is 1. The topological polar surface area (TPSA) is 40.6 Å². The largest absolute Gasteiger partial charge is 0.348 e. The van der Waals surface area contributed by atoms with Crippen LogP contribution in [0.2, 0.25) is 0 Å². The molecule has 1 aliphatic rings. The Balaban J connectivity index is 1.79. The molecule has 1 aliphatic heterocycles. The van der Waals surface area contributed by atoms with Gasteiger partial charge in [-0.3, -0.25) is 9.59 Å². The highest BCUT2D eigenvalue weighted by Crippen LogP contribution is 2.37. The number of hydrogen-bond acceptors (Lipinski definition) is 3. The standard InChI is InChI=1S/C23H30N2O2S/c1-17(2)13-21(26)25-11-10-23(16-25,22(27)24(3)4)14-18-5-7-19(8-6-18)20-9-12-28-15-20/h5-9,12,15,17H,10-11,13-14,16H2,1-4H3. The monoisotopic (exact) mass is 398 g/mol. The predicted molar refractivity (Wildman–Crippen MR) is 115 cm³/mol. The van der Waals surface area contributed by atoms with E-state index < -0.39 is 5.41 Å². The van der Waals surface area contributed by atoms with Crippen LogP contribution >= 0.6 is 11.3 Å². The molecule has 0 saturated carbocycles. The van der Waals surface area contributed by atoms with Gasteiger partial charge in [0.2, 0.25) is 11.8 Å². The third-order valence-electron chi connectivity index (χ3n) is 5.50. The van der Waals surface area contributed by atoms with Crippen molar-refractivity contribution >= 4 is 23.2 Å². The molecule has 150 valence electrons. The molecule has 1 fully saturated rings. The van der Waals surface area contributed by atoms with Crippen LogP contribution in [0.5, 0.6) is 0 Å². The van der Waals surface area contributed by atoms with Gasteiger partial charge in [0.05, 0.1) is 5.41 Å². The third kappa shape index (κ3) is 4.46. The Morgan fingerprint density at radius 2 is 1.86 bits per heavy atom. The van der Waals surface area contributed by atoms with E-state index in [1.165, 1.54) is 11.1 Å². The number of likely N-dealkylation sites (tertiary alicyclic amines) is 1. The number of carbonyl (C=O) groups excluding carboxylic acids is 2. The quantitative estimate of drug-likeness (QED) is 0.727. The van der Waals surface area contributed by atoms with Crippen molar-refractivity contribution in [3.63, 3.8) is 0 Å². The van der Waals surface area contributed by atoms with Gasteiger partial charge >= 0.3 is 0 Å². The van der Waals surface area contributed by atoms with Crippen LogP contribution in [-0.4, -0.2) is 48.8 Å². The lowest BCUT2D eigenvalue weighted by atomic mass is 9.79. The molecular weight excluding hydrogens is 368 g/mol. The highest BCUT2D eigenvalue weighted by atomic mass is 32.1. The summed E-state index contributed by atoms with van der Waals surface area (Å²) in [4.78, 5) is 29.2. The molecular formula is C23H30N2O2S. The average Bonchev–Trinajstić information content (AvgIpc) is 3.32. The maximum atomic E-state index is 13.1. The molecule has 1 aromatic carbocycles. The molecule has 1 atom stereocenters. The van der Waals surface area contributed by atoms with Crippen molar-refractivity contribution in [1.29, 1.82) is 0 Å². The van der Waals surface area contributed by atoms with Crippen LogP contribution < -0.4 is 0 Å². The molecule has 0 radical (unpaired) electrons. The van der Waals surface area contributed by atoms with Crippen LogP contribution in [0, 0.1) is 11.3 Å². The Morgan fingerprint density at radius 3 is 2.43 bits per heavy atom. The van der Waals surface area contributed by atoms with Crippen LogP contribution in [0.15, 0.2) is 41.1 Å². The second-order valence-electron chi connectivity index (χ2n) is 8.53. The van der Waals surface area contributed by atoms with Crippen molar-refractivity contribution in [2.75, 3.05) is 27.2 Å². The van der Waals surface area contributed by atoms with E-state index in [1.807, 2.05) is 19.0 Å². The second-order valence-corrected chi connectivity index (χ2v) is 9.31. The van der Waals surface area contributed by atoms with Gasteiger partial charge in [0, 0.05) is 33.6 Å². The fourth-order valence-electron chi connectivity index (χ4n) is 4.07. The molecule has 3 rings (SSSR count). The van der Waals surface area contributed by atoms with Gasteiger partial charge in [0.1, 0.15) is 0 Å². The molecule has 0 N–H and O–H groups in total. The number of thiophene rings is 1. The van der Waals surface area contributed by atoms with E-state index in [-0.39, 0.29) is 11.8 Å². The smallest absolute Gasteiger partial charge is 0.230 e. The zero-order valence-electron chi connectivity index (χ0n) is 17.3. The molecule has 5 heteroatoms. The summed E-state index contributed by atoms with van der Waals surface area (Å²) in [6.07, 6.45) is 1.93. The third-order valence-corrected chi connectivity index (χ3v) is 6.18. The molecule has 2 amide bonds. The van der Waals surface area contributed by atoms with E-state index in [1.54, 1.807) is 16.2 Å². The first-order valence-corrected chi connectivity index (χ1v) is 10.9. The van der Waals surface area contributed by atoms with Crippen molar-refractivity contribution in [2.45, 2.75) is 33.1 Å². The predicted octanol–water partition coefficient (Wildman–Crippen LogP) is 4.31. The van der Waals surface area contributed by atoms with Crippen molar-refractivity contribution in [1.82, 2.24) is 9.80 Å². The van der Waals surface area contributed by atoms with Crippen LogP contribution in [0.3, 0.4) is 0 Å². The summed E-state index contributed by atoms with van der Waals surface area (Å²) < 4.78 is 0. The van der Waals surface area contributed by atoms with Crippen molar-refractivity contribution in [3.05, 3.63) is 46.7 Å². The van der Waals surface area contributed by atoms with Gasteiger partial charge in [-0.05, 0) is 52.3 Å². The lowest BCUT2D eigenvalue weighted by molar-refractivity contribution is -0.139. The fraction of sp³-hybridized carbons (Fsp3) is 0.478. The van der Waals surface area contributed by atoms with E-state index in [0.717, 1.165) is 12.0 Å². The molecule has 0 spiro atoms. The van der Waals surface area contributed by atoms with Crippen LogP contribution in [0.25, 0.3) is 11.1 Å². The van der Waals surface area contributed by atoms with Gasteiger partial charge in [-0.1, -0.05) is 38.1 Å². The molecule has 1 unspecified atom stereocenters. The average molecular weight is 399 g/mol. The summed E-state index contributed by atoms with van der Waals surface area (Å²) in [6, 6.07) is 10.6. The summed E-state index contributed by atoms with van der Waals surface area (Å²) in [5.41, 5.74) is 3.03. The number of nitrogens with zero attached hydrogens (tertiary/aromatic N) is 2. The lowest BCUT2D eigenvalue weighted by Crippen LogP contribution is -2.44. The van der Waals surface area contributed by atoms with Crippen LogP contribution in [0.4, 0.5) is 0 Å². The maximum Gasteiger partial charge on any atom is 0.230 e. The van der Waals surface area contributed by atoms with Gasteiger partial charge in [-0.2, -0.15) is 11.3 Å². The van der Waals surface area contributed by atoms with Crippen molar-refractivity contribution in [3.8, 4) is 11.1 Å². The van der Waals surface area contributed by atoms with E-state index in [9.17, 15) is 9.59 Å². The van der Waals surface area contributed by atoms with Crippen molar-refractivity contribution in [2.24, 2.45) is 11.3 Å². The summed E-state index contributed by atoms with van der Waals surface area (Å²) in [5.74, 6) is 0.613. The Morgan fingerprint density at radius 1 is 1.14 bits per heavy atom. The van der Waals surface area contributed by atoms with E-state index in [0.29, 0.717) is 31.8 Å². The SMILES string of the molecule is CC(C)CC(=O)N1CCC(Cc2ccc(-c3ccsc3)cc2)(C(=O)N(C)C)C1. The fourth-order valence-corrected chi connectivity index (χ4v) is 4.73. The molecule has 2 heterocycles. The molecule has 28 heavy (non-hydrogen) atoms. The first kappa shape index (κ1) is 20.6. The molecule has 1 aromatic heterocycles.